The standard InChI is InChI=1S/C19H22N2O5S/c1-4-25-18-10-14-8-12(2)26-17(14)11-16(18)21-19(22)13-6-5-7-15(9-13)27(23,24)20-3/h5-7,9-12,20H,4,8H2,1-3H3,(H,21,22). The molecule has 8 heteroatoms. The quantitative estimate of drug-likeness (QED) is 0.791. The Bertz CT molecular complexity index is 972. The number of ether oxygens (including phenoxy) is 2. The van der Waals surface area contributed by atoms with Gasteiger partial charge in [0.1, 0.15) is 17.6 Å². The van der Waals surface area contributed by atoms with Crippen LogP contribution in [0.4, 0.5) is 5.69 Å². The van der Waals surface area contributed by atoms with Gasteiger partial charge in [0, 0.05) is 23.6 Å². The lowest BCUT2D eigenvalue weighted by atomic mass is 10.1. The van der Waals surface area contributed by atoms with Gasteiger partial charge in [0.15, 0.2) is 0 Å². The number of benzene rings is 2. The third-order valence-electron chi connectivity index (χ3n) is 4.22. The van der Waals surface area contributed by atoms with Gasteiger partial charge in [-0.1, -0.05) is 6.07 Å². The number of anilines is 1. The first-order valence-corrected chi connectivity index (χ1v) is 10.1. The lowest BCUT2D eigenvalue weighted by Gasteiger charge is -2.14. The molecule has 0 saturated carbocycles. The summed E-state index contributed by atoms with van der Waals surface area (Å²) in [4.78, 5) is 12.7. The van der Waals surface area contributed by atoms with E-state index in [0.717, 1.165) is 12.0 Å². The molecule has 0 aliphatic carbocycles. The van der Waals surface area contributed by atoms with E-state index >= 15 is 0 Å². The predicted octanol–water partition coefficient (Wildman–Crippen LogP) is 2.57. The minimum Gasteiger partial charge on any atom is -0.492 e. The molecule has 3 rings (SSSR count). The molecule has 1 atom stereocenters. The van der Waals surface area contributed by atoms with Crippen LogP contribution >= 0.6 is 0 Å². The van der Waals surface area contributed by atoms with Crippen LogP contribution in [0.25, 0.3) is 0 Å². The molecule has 0 spiro atoms. The SMILES string of the molecule is CCOc1cc2c(cc1NC(=O)c1cccc(S(=O)(=O)NC)c1)OC(C)C2. The second-order valence-corrected chi connectivity index (χ2v) is 8.10. The molecule has 1 aliphatic rings. The number of hydrogen-bond donors (Lipinski definition) is 2. The number of sulfonamides is 1. The van der Waals surface area contributed by atoms with Crippen molar-refractivity contribution in [2.24, 2.45) is 0 Å². The van der Waals surface area contributed by atoms with Gasteiger partial charge >= 0.3 is 0 Å². The topological polar surface area (TPSA) is 93.7 Å². The summed E-state index contributed by atoms with van der Waals surface area (Å²) in [6.07, 6.45) is 0.858. The summed E-state index contributed by atoms with van der Waals surface area (Å²) < 4.78 is 37.5. The summed E-state index contributed by atoms with van der Waals surface area (Å²) in [5.41, 5.74) is 1.74. The van der Waals surface area contributed by atoms with Gasteiger partial charge in [-0.3, -0.25) is 4.79 Å². The maximum Gasteiger partial charge on any atom is 0.255 e. The van der Waals surface area contributed by atoms with Crippen molar-refractivity contribution in [2.45, 2.75) is 31.3 Å². The zero-order valence-corrected chi connectivity index (χ0v) is 16.2. The van der Waals surface area contributed by atoms with Crippen LogP contribution in [0.1, 0.15) is 29.8 Å². The second-order valence-electron chi connectivity index (χ2n) is 6.21. The highest BCUT2D eigenvalue weighted by atomic mass is 32.2. The lowest BCUT2D eigenvalue weighted by molar-refractivity contribution is 0.102. The van der Waals surface area contributed by atoms with Crippen LogP contribution in [-0.4, -0.2) is 34.1 Å². The average Bonchev–Trinajstić information content (AvgIpc) is 3.01. The highest BCUT2D eigenvalue weighted by Crippen LogP contribution is 2.38. The van der Waals surface area contributed by atoms with Gasteiger partial charge in [0.2, 0.25) is 10.0 Å². The Morgan fingerprint density at radius 2 is 2.07 bits per heavy atom. The zero-order chi connectivity index (χ0) is 19.6. The summed E-state index contributed by atoms with van der Waals surface area (Å²) in [6, 6.07) is 9.45. The molecule has 2 aromatic carbocycles. The zero-order valence-electron chi connectivity index (χ0n) is 15.4. The van der Waals surface area contributed by atoms with Crippen molar-refractivity contribution in [3.05, 3.63) is 47.5 Å². The Morgan fingerprint density at radius 1 is 1.30 bits per heavy atom. The Labute approximate surface area is 158 Å². The maximum atomic E-state index is 12.7. The molecular weight excluding hydrogens is 368 g/mol. The van der Waals surface area contributed by atoms with Gasteiger partial charge in [-0.05, 0) is 45.2 Å². The molecule has 0 fully saturated rings. The van der Waals surface area contributed by atoms with Crippen LogP contribution in [0.2, 0.25) is 0 Å². The largest absolute Gasteiger partial charge is 0.492 e. The average molecular weight is 390 g/mol. The summed E-state index contributed by atoms with van der Waals surface area (Å²) in [5, 5.41) is 2.79. The van der Waals surface area contributed by atoms with Gasteiger partial charge in [0.05, 0.1) is 17.2 Å². The maximum absolute atomic E-state index is 12.7. The molecule has 2 N–H and O–H groups in total. The third kappa shape index (κ3) is 4.06. The molecule has 27 heavy (non-hydrogen) atoms. The third-order valence-corrected chi connectivity index (χ3v) is 5.63. The van der Waals surface area contributed by atoms with Crippen molar-refractivity contribution in [1.29, 1.82) is 0 Å². The number of carbonyl (C=O) groups is 1. The fraction of sp³-hybridized carbons (Fsp3) is 0.316. The van der Waals surface area contributed by atoms with Gasteiger partial charge < -0.3 is 14.8 Å². The molecule has 1 unspecified atom stereocenters. The second kappa shape index (κ2) is 7.58. The Kier molecular flexibility index (Phi) is 5.38. The number of amides is 1. The van der Waals surface area contributed by atoms with Gasteiger partial charge in [-0.25, -0.2) is 13.1 Å². The molecule has 1 heterocycles. The van der Waals surface area contributed by atoms with Crippen LogP contribution in [-0.2, 0) is 16.4 Å². The normalized spacial score (nSPS) is 15.7. The van der Waals surface area contributed by atoms with E-state index in [1.165, 1.54) is 25.2 Å². The van der Waals surface area contributed by atoms with E-state index < -0.39 is 15.9 Å². The van der Waals surface area contributed by atoms with Gasteiger partial charge in [-0.15, -0.1) is 0 Å². The number of nitrogens with one attached hydrogen (secondary N) is 2. The highest BCUT2D eigenvalue weighted by Gasteiger charge is 2.23. The molecule has 0 aromatic heterocycles. The van der Waals surface area contributed by atoms with Crippen molar-refractivity contribution in [3.63, 3.8) is 0 Å². The summed E-state index contributed by atoms with van der Waals surface area (Å²) in [6.45, 7) is 4.30. The first-order chi connectivity index (χ1) is 12.8. The Hall–Kier alpha value is -2.58. The van der Waals surface area contributed by atoms with Crippen molar-refractivity contribution in [2.75, 3.05) is 19.0 Å². The number of hydrogen-bond acceptors (Lipinski definition) is 5. The van der Waals surface area contributed by atoms with E-state index in [-0.39, 0.29) is 16.6 Å². The van der Waals surface area contributed by atoms with E-state index in [1.54, 1.807) is 12.1 Å². The predicted molar refractivity (Wildman–Crippen MR) is 102 cm³/mol. The van der Waals surface area contributed by atoms with E-state index in [4.69, 9.17) is 9.47 Å². The van der Waals surface area contributed by atoms with Crippen molar-refractivity contribution in [1.82, 2.24) is 4.72 Å². The number of rotatable bonds is 6. The van der Waals surface area contributed by atoms with Crippen molar-refractivity contribution < 1.29 is 22.7 Å². The molecule has 7 nitrogen and oxygen atoms in total. The molecule has 1 amide bonds. The van der Waals surface area contributed by atoms with Crippen LogP contribution in [0.5, 0.6) is 11.5 Å². The van der Waals surface area contributed by atoms with Crippen LogP contribution in [0, 0.1) is 0 Å². The minimum absolute atomic E-state index is 0.0220. The van der Waals surface area contributed by atoms with Crippen molar-refractivity contribution in [3.8, 4) is 11.5 Å². The Balaban J connectivity index is 1.90. The van der Waals surface area contributed by atoms with Crippen LogP contribution in [0.15, 0.2) is 41.3 Å². The minimum atomic E-state index is -3.63. The molecule has 0 radical (unpaired) electrons. The lowest BCUT2D eigenvalue weighted by Crippen LogP contribution is -2.19. The van der Waals surface area contributed by atoms with E-state index in [2.05, 4.69) is 10.0 Å². The summed E-state index contributed by atoms with van der Waals surface area (Å²) >= 11 is 0. The monoisotopic (exact) mass is 390 g/mol. The highest BCUT2D eigenvalue weighted by molar-refractivity contribution is 7.89. The molecular formula is C19H22N2O5S. The molecule has 0 bridgehead atoms. The summed E-state index contributed by atoms with van der Waals surface area (Å²) in [7, 11) is -2.31. The van der Waals surface area contributed by atoms with E-state index in [1.807, 2.05) is 19.9 Å². The smallest absolute Gasteiger partial charge is 0.255 e. The molecule has 0 saturated heterocycles. The van der Waals surface area contributed by atoms with Crippen LogP contribution < -0.4 is 19.5 Å². The first-order valence-electron chi connectivity index (χ1n) is 8.65. The van der Waals surface area contributed by atoms with Crippen molar-refractivity contribution >= 4 is 21.6 Å². The molecule has 2 aromatic rings. The fourth-order valence-corrected chi connectivity index (χ4v) is 3.70. The van der Waals surface area contributed by atoms with E-state index in [9.17, 15) is 13.2 Å². The number of carbonyl (C=O) groups excluding carboxylic acids is 1. The molecule has 1 aliphatic heterocycles. The van der Waals surface area contributed by atoms with Crippen LogP contribution in [0.3, 0.4) is 0 Å². The fourth-order valence-electron chi connectivity index (χ4n) is 2.93. The Morgan fingerprint density at radius 3 is 2.78 bits per heavy atom. The van der Waals surface area contributed by atoms with Gasteiger partial charge in [-0.2, -0.15) is 0 Å². The van der Waals surface area contributed by atoms with Gasteiger partial charge in [0.25, 0.3) is 5.91 Å². The summed E-state index contributed by atoms with van der Waals surface area (Å²) in [5.74, 6) is 0.837. The van der Waals surface area contributed by atoms with E-state index in [0.29, 0.717) is 23.8 Å². The molecule has 144 valence electrons. The number of fused-ring (bicyclic) bond motifs is 1. The first kappa shape index (κ1) is 19.2.